The number of carbonyl (C=O) groups is 1. The molecule has 0 bridgehead atoms. The van der Waals surface area contributed by atoms with Crippen molar-refractivity contribution in [1.29, 1.82) is 0 Å². The van der Waals surface area contributed by atoms with E-state index in [9.17, 15) is 22.8 Å². The number of amides is 1. The average Bonchev–Trinajstić information content (AvgIpc) is 3.14. The number of H-pyrrole nitrogens is 1. The van der Waals surface area contributed by atoms with Gasteiger partial charge in [-0.15, -0.1) is 5.10 Å². The standard InChI is InChI=1S/C19H29N7O5S/c1-12(2)24-11-15(16(27)21-18(24)29)17(28)25-10-14(6-7-19(25,3)4)26-9-13(22-23-26)8-20-32(5,30)31/h9,11-12,14,20H,6-8,10H2,1-5H3,(H,21,27,29). The number of carbonyl (C=O) groups excluding carboxylic acids is 1. The third kappa shape index (κ3) is 5.15. The van der Waals surface area contributed by atoms with Gasteiger partial charge in [-0.3, -0.25) is 19.1 Å². The predicted octanol–water partition coefficient (Wildman–Crippen LogP) is 0.0141. The maximum absolute atomic E-state index is 13.4. The van der Waals surface area contributed by atoms with Crippen LogP contribution in [0, 0.1) is 0 Å². The first kappa shape index (κ1) is 23.9. The van der Waals surface area contributed by atoms with Gasteiger partial charge in [0.15, 0.2) is 0 Å². The summed E-state index contributed by atoms with van der Waals surface area (Å²) >= 11 is 0. The van der Waals surface area contributed by atoms with Crippen LogP contribution in [0.25, 0.3) is 0 Å². The van der Waals surface area contributed by atoms with Crippen LogP contribution in [0.5, 0.6) is 0 Å². The summed E-state index contributed by atoms with van der Waals surface area (Å²) in [6, 6.07) is -0.413. The van der Waals surface area contributed by atoms with E-state index < -0.39 is 32.7 Å². The van der Waals surface area contributed by atoms with Crippen molar-refractivity contribution in [3.63, 3.8) is 0 Å². The summed E-state index contributed by atoms with van der Waals surface area (Å²) in [5.74, 6) is -0.463. The quantitative estimate of drug-likeness (QED) is 0.607. The fraction of sp³-hybridized carbons (Fsp3) is 0.632. The van der Waals surface area contributed by atoms with Gasteiger partial charge in [-0.25, -0.2) is 22.6 Å². The molecule has 1 fully saturated rings. The van der Waals surface area contributed by atoms with Gasteiger partial charge in [0.2, 0.25) is 10.0 Å². The SMILES string of the molecule is CC(C)n1cc(C(=O)N2CC(n3cc(CNS(C)(=O)=O)nn3)CCC2(C)C)c(=O)[nH]c1=O. The van der Waals surface area contributed by atoms with Crippen LogP contribution in [-0.2, 0) is 16.6 Å². The molecule has 1 amide bonds. The van der Waals surface area contributed by atoms with Gasteiger partial charge in [0, 0.05) is 24.3 Å². The molecule has 1 unspecified atom stereocenters. The highest BCUT2D eigenvalue weighted by Gasteiger charge is 2.39. The van der Waals surface area contributed by atoms with Crippen molar-refractivity contribution in [3.05, 3.63) is 44.5 Å². The minimum absolute atomic E-state index is 0.0197. The third-order valence-electron chi connectivity index (χ3n) is 5.66. The maximum atomic E-state index is 13.4. The Balaban J connectivity index is 1.86. The molecular weight excluding hydrogens is 438 g/mol. The number of hydrogen-bond donors (Lipinski definition) is 2. The summed E-state index contributed by atoms with van der Waals surface area (Å²) in [6.07, 6.45) is 5.41. The van der Waals surface area contributed by atoms with E-state index in [4.69, 9.17) is 0 Å². The Morgan fingerprint density at radius 2 is 2.00 bits per heavy atom. The number of rotatable bonds is 6. The minimum atomic E-state index is -3.36. The molecule has 0 radical (unpaired) electrons. The number of hydrogen-bond acceptors (Lipinski definition) is 7. The van der Waals surface area contributed by atoms with E-state index in [1.165, 1.54) is 10.8 Å². The van der Waals surface area contributed by atoms with Gasteiger partial charge < -0.3 is 4.90 Å². The second kappa shape index (κ2) is 8.62. The lowest BCUT2D eigenvalue weighted by Crippen LogP contribution is -2.54. The average molecular weight is 468 g/mol. The highest BCUT2D eigenvalue weighted by atomic mass is 32.2. The number of nitrogens with one attached hydrogen (secondary N) is 2. The van der Waals surface area contributed by atoms with Gasteiger partial charge in [-0.05, 0) is 40.5 Å². The van der Waals surface area contributed by atoms with E-state index in [0.29, 0.717) is 12.1 Å². The third-order valence-corrected chi connectivity index (χ3v) is 6.33. The molecule has 2 aromatic rings. The topological polar surface area (TPSA) is 152 Å². The monoisotopic (exact) mass is 467 g/mol. The molecule has 2 N–H and O–H groups in total. The Morgan fingerprint density at radius 1 is 1.31 bits per heavy atom. The lowest BCUT2D eigenvalue weighted by molar-refractivity contribution is 0.0306. The molecule has 176 valence electrons. The van der Waals surface area contributed by atoms with Gasteiger partial charge in [0.1, 0.15) is 5.56 Å². The predicted molar refractivity (Wildman–Crippen MR) is 117 cm³/mol. The van der Waals surface area contributed by atoms with Crippen LogP contribution in [-0.4, -0.2) is 62.1 Å². The Morgan fingerprint density at radius 3 is 2.62 bits per heavy atom. The molecule has 32 heavy (non-hydrogen) atoms. The second-order valence-corrected chi connectivity index (χ2v) is 10.8. The van der Waals surface area contributed by atoms with Gasteiger partial charge in [-0.1, -0.05) is 5.21 Å². The van der Waals surface area contributed by atoms with Crippen LogP contribution in [0.2, 0.25) is 0 Å². The largest absolute Gasteiger partial charge is 0.331 e. The smallest absolute Gasteiger partial charge is 0.328 e. The van der Waals surface area contributed by atoms with E-state index in [-0.39, 0.29) is 30.7 Å². The lowest BCUT2D eigenvalue weighted by atomic mass is 9.87. The first-order chi connectivity index (χ1) is 14.8. The molecular formula is C19H29N7O5S. The molecule has 1 aliphatic heterocycles. The van der Waals surface area contributed by atoms with Crippen molar-refractivity contribution in [2.45, 2.75) is 64.7 Å². The van der Waals surface area contributed by atoms with Crippen LogP contribution >= 0.6 is 0 Å². The molecule has 0 aliphatic carbocycles. The van der Waals surface area contributed by atoms with Crippen LogP contribution in [0.4, 0.5) is 0 Å². The van der Waals surface area contributed by atoms with E-state index >= 15 is 0 Å². The van der Waals surface area contributed by atoms with Crippen molar-refractivity contribution in [1.82, 2.24) is 34.2 Å². The van der Waals surface area contributed by atoms with E-state index in [2.05, 4.69) is 20.0 Å². The normalized spacial score (nSPS) is 18.8. The molecule has 1 atom stereocenters. The first-order valence-corrected chi connectivity index (χ1v) is 12.2. The number of aromatic amines is 1. The van der Waals surface area contributed by atoms with Crippen LogP contribution in [0.1, 0.15) is 68.7 Å². The summed E-state index contributed by atoms with van der Waals surface area (Å²) in [7, 11) is -3.36. The van der Waals surface area contributed by atoms with Gasteiger partial charge in [-0.2, -0.15) is 0 Å². The fourth-order valence-electron chi connectivity index (χ4n) is 3.72. The van der Waals surface area contributed by atoms with E-state index in [0.717, 1.165) is 12.7 Å². The van der Waals surface area contributed by atoms with Crippen LogP contribution in [0.3, 0.4) is 0 Å². The zero-order valence-electron chi connectivity index (χ0n) is 18.8. The number of aromatic nitrogens is 5. The zero-order valence-corrected chi connectivity index (χ0v) is 19.6. The summed E-state index contributed by atoms with van der Waals surface area (Å²) < 4.78 is 27.9. The Labute approximate surface area is 185 Å². The van der Waals surface area contributed by atoms with E-state index in [1.54, 1.807) is 29.6 Å². The highest BCUT2D eigenvalue weighted by molar-refractivity contribution is 7.88. The molecule has 1 aliphatic rings. The maximum Gasteiger partial charge on any atom is 0.328 e. The van der Waals surface area contributed by atoms with Crippen molar-refractivity contribution in [2.24, 2.45) is 0 Å². The van der Waals surface area contributed by atoms with Gasteiger partial charge in [0.25, 0.3) is 11.5 Å². The van der Waals surface area contributed by atoms with Crippen molar-refractivity contribution < 1.29 is 13.2 Å². The number of nitrogens with zero attached hydrogens (tertiary/aromatic N) is 5. The zero-order chi connectivity index (χ0) is 23.8. The highest BCUT2D eigenvalue weighted by Crippen LogP contribution is 2.33. The molecule has 13 heteroatoms. The Hall–Kier alpha value is -2.80. The molecule has 2 aromatic heterocycles. The van der Waals surface area contributed by atoms with Crippen molar-refractivity contribution in [2.75, 3.05) is 12.8 Å². The minimum Gasteiger partial charge on any atom is -0.331 e. The lowest BCUT2D eigenvalue weighted by Gasteiger charge is -2.45. The number of sulfonamides is 1. The molecule has 0 saturated carbocycles. The second-order valence-electron chi connectivity index (χ2n) is 9.01. The van der Waals surface area contributed by atoms with Gasteiger partial charge >= 0.3 is 5.69 Å². The van der Waals surface area contributed by atoms with Crippen molar-refractivity contribution in [3.8, 4) is 0 Å². The summed E-state index contributed by atoms with van der Waals surface area (Å²) in [5, 5.41) is 8.11. The molecule has 3 rings (SSSR count). The van der Waals surface area contributed by atoms with Crippen LogP contribution in [0.15, 0.2) is 22.0 Å². The molecule has 12 nitrogen and oxygen atoms in total. The molecule has 1 saturated heterocycles. The summed E-state index contributed by atoms with van der Waals surface area (Å²) in [4.78, 5) is 41.7. The number of piperidine rings is 1. The first-order valence-electron chi connectivity index (χ1n) is 10.3. The summed E-state index contributed by atoms with van der Waals surface area (Å²) in [6.45, 7) is 7.74. The Kier molecular flexibility index (Phi) is 6.43. The molecule has 0 aromatic carbocycles. The van der Waals surface area contributed by atoms with Gasteiger partial charge in [0.05, 0.1) is 30.7 Å². The van der Waals surface area contributed by atoms with E-state index in [1.807, 2.05) is 13.8 Å². The Bertz CT molecular complexity index is 1230. The molecule has 3 heterocycles. The number of likely N-dealkylation sites (tertiary alicyclic amines) is 1. The summed E-state index contributed by atoms with van der Waals surface area (Å²) in [5.41, 5.74) is -1.43. The fourth-order valence-corrected chi connectivity index (χ4v) is 4.13. The molecule has 0 spiro atoms. The van der Waals surface area contributed by atoms with Crippen molar-refractivity contribution >= 4 is 15.9 Å². The van der Waals surface area contributed by atoms with Crippen LogP contribution < -0.4 is 16.0 Å².